The average Bonchev–Trinajstić information content (AvgIpc) is 3.76. The molecule has 0 bridgehead atoms. The largest absolute Gasteiger partial charge is 0.310 e. The zero-order valence-electron chi connectivity index (χ0n) is 35.0. The van der Waals surface area contributed by atoms with Crippen molar-refractivity contribution in [3.63, 3.8) is 0 Å². The monoisotopic (exact) mass is 831 g/mol. The van der Waals surface area contributed by atoms with E-state index in [1.54, 1.807) is 0 Å². The lowest BCUT2D eigenvalue weighted by Gasteiger charge is -2.26. The summed E-state index contributed by atoms with van der Waals surface area (Å²) >= 11 is 1.89. The Morgan fingerprint density at radius 2 is 0.750 bits per heavy atom. The number of benzene rings is 11. The first kappa shape index (κ1) is 37.7. The highest BCUT2D eigenvalue weighted by Gasteiger charge is 2.18. The first-order chi connectivity index (χ1) is 31.7. The molecule has 1 heterocycles. The van der Waals surface area contributed by atoms with Crippen molar-refractivity contribution in [3.8, 4) is 55.6 Å². The number of hydrogen-bond donors (Lipinski definition) is 0. The van der Waals surface area contributed by atoms with E-state index in [4.69, 9.17) is 0 Å². The van der Waals surface area contributed by atoms with E-state index in [0.29, 0.717) is 0 Å². The van der Waals surface area contributed by atoms with E-state index < -0.39 is 0 Å². The van der Waals surface area contributed by atoms with Gasteiger partial charge >= 0.3 is 0 Å². The van der Waals surface area contributed by atoms with E-state index in [9.17, 15) is 0 Å². The summed E-state index contributed by atoms with van der Waals surface area (Å²) in [5.41, 5.74) is 15.5. The van der Waals surface area contributed by atoms with Crippen LogP contribution in [0.1, 0.15) is 0 Å². The van der Waals surface area contributed by atoms with Gasteiger partial charge in [-0.3, -0.25) is 0 Å². The van der Waals surface area contributed by atoms with Gasteiger partial charge in [0.2, 0.25) is 0 Å². The van der Waals surface area contributed by atoms with Crippen LogP contribution in [0.2, 0.25) is 0 Å². The lowest BCUT2D eigenvalue weighted by molar-refractivity contribution is 1.29. The van der Waals surface area contributed by atoms with Crippen LogP contribution >= 0.6 is 11.3 Å². The van der Waals surface area contributed by atoms with Gasteiger partial charge in [-0.25, -0.2) is 0 Å². The van der Waals surface area contributed by atoms with E-state index in [0.717, 1.165) is 17.1 Å². The molecule has 0 radical (unpaired) electrons. The van der Waals surface area contributed by atoms with Crippen molar-refractivity contribution in [1.29, 1.82) is 0 Å². The van der Waals surface area contributed by atoms with Crippen molar-refractivity contribution in [1.82, 2.24) is 0 Å². The minimum Gasteiger partial charge on any atom is -0.310 e. The van der Waals surface area contributed by atoms with Gasteiger partial charge in [0.15, 0.2) is 0 Å². The van der Waals surface area contributed by atoms with Crippen molar-refractivity contribution in [2.24, 2.45) is 0 Å². The molecule has 2 heteroatoms. The fraction of sp³-hybridized carbons (Fsp3) is 0. The summed E-state index contributed by atoms with van der Waals surface area (Å²) in [5, 5.41) is 7.69. The fourth-order valence-corrected chi connectivity index (χ4v) is 10.9. The van der Waals surface area contributed by atoms with Crippen LogP contribution in [0.5, 0.6) is 0 Å². The minimum absolute atomic E-state index is 1.10. The highest BCUT2D eigenvalue weighted by molar-refractivity contribution is 7.26. The van der Waals surface area contributed by atoms with Crippen LogP contribution in [-0.4, -0.2) is 0 Å². The molecule has 1 aromatic heterocycles. The number of rotatable bonds is 8. The molecule has 12 rings (SSSR count). The standard InChI is InChI=1S/C62H41NS/c1-3-14-43(15-4-1)53-23-9-10-24-54(53)49-22-11-21-48(40-49)42-28-33-50(34-29-42)63(52-37-39-58-59-38-32-45-18-7-8-25-57(45)62(59)64-60(58)41-52)51-35-30-46(31-36-51)56-27-13-20-47-19-12-26-55(61(47)56)44-16-5-2-6-17-44/h1-41H. The third-order valence-corrected chi connectivity index (χ3v) is 13.9. The van der Waals surface area contributed by atoms with Gasteiger partial charge in [-0.05, 0) is 120 Å². The lowest BCUT2D eigenvalue weighted by Crippen LogP contribution is -2.09. The molecule has 0 aliphatic carbocycles. The molecule has 0 spiro atoms. The van der Waals surface area contributed by atoms with E-state index in [-0.39, 0.29) is 0 Å². The zero-order chi connectivity index (χ0) is 42.4. The second-order valence-electron chi connectivity index (χ2n) is 16.4. The maximum Gasteiger partial charge on any atom is 0.0476 e. The SMILES string of the molecule is c1ccc(-c2ccccc2-c2cccc(-c3ccc(N(c4ccc(-c5cccc6cccc(-c7ccccc7)c56)cc4)c4ccc5c(c4)sc4c6ccccc6ccc54)cc3)c2)cc1. The Balaban J connectivity index is 0.958. The second-order valence-corrected chi connectivity index (χ2v) is 17.5. The molecule has 12 aromatic rings. The smallest absolute Gasteiger partial charge is 0.0476 e. The zero-order valence-corrected chi connectivity index (χ0v) is 35.8. The van der Waals surface area contributed by atoms with Gasteiger partial charge in [0.1, 0.15) is 0 Å². The number of fused-ring (bicyclic) bond motifs is 6. The van der Waals surface area contributed by atoms with Crippen molar-refractivity contribution in [2.75, 3.05) is 4.90 Å². The van der Waals surface area contributed by atoms with Gasteiger partial charge in [-0.1, -0.05) is 206 Å². The molecule has 0 amide bonds. The Bertz CT molecular complexity index is 3640. The Labute approximate surface area is 377 Å². The van der Waals surface area contributed by atoms with Crippen LogP contribution in [0, 0.1) is 0 Å². The summed E-state index contributed by atoms with van der Waals surface area (Å²) in [6.07, 6.45) is 0. The summed E-state index contributed by atoms with van der Waals surface area (Å²) in [4.78, 5) is 2.40. The summed E-state index contributed by atoms with van der Waals surface area (Å²) in [7, 11) is 0. The molecule has 1 nitrogen and oxygen atoms in total. The fourth-order valence-electron chi connectivity index (χ4n) is 9.58. The van der Waals surface area contributed by atoms with Gasteiger partial charge < -0.3 is 4.90 Å². The molecular formula is C62H41NS. The van der Waals surface area contributed by atoms with Gasteiger partial charge in [0, 0.05) is 37.2 Å². The van der Waals surface area contributed by atoms with Gasteiger partial charge in [-0.15, -0.1) is 11.3 Å². The van der Waals surface area contributed by atoms with Crippen molar-refractivity contribution >= 4 is 70.1 Å². The maximum absolute atomic E-state index is 2.40. The third kappa shape index (κ3) is 6.73. The topological polar surface area (TPSA) is 3.24 Å². The number of nitrogens with zero attached hydrogens (tertiary/aromatic N) is 1. The summed E-state index contributed by atoms with van der Waals surface area (Å²) in [5.74, 6) is 0. The third-order valence-electron chi connectivity index (χ3n) is 12.7. The molecule has 0 unspecified atom stereocenters. The highest BCUT2D eigenvalue weighted by atomic mass is 32.1. The van der Waals surface area contributed by atoms with Crippen LogP contribution in [0.25, 0.3) is 97.4 Å². The first-order valence-corrected chi connectivity index (χ1v) is 22.7. The Morgan fingerprint density at radius 1 is 0.266 bits per heavy atom. The van der Waals surface area contributed by atoms with Crippen LogP contribution in [0.4, 0.5) is 17.1 Å². The number of hydrogen-bond acceptors (Lipinski definition) is 2. The first-order valence-electron chi connectivity index (χ1n) is 21.9. The van der Waals surface area contributed by atoms with Crippen LogP contribution in [-0.2, 0) is 0 Å². The van der Waals surface area contributed by atoms with E-state index in [1.165, 1.54) is 97.4 Å². The molecular weight excluding hydrogens is 791 g/mol. The average molecular weight is 832 g/mol. The van der Waals surface area contributed by atoms with Crippen LogP contribution < -0.4 is 4.90 Å². The van der Waals surface area contributed by atoms with Gasteiger partial charge in [0.05, 0.1) is 0 Å². The van der Waals surface area contributed by atoms with Crippen molar-refractivity contribution in [3.05, 3.63) is 249 Å². The summed E-state index contributed by atoms with van der Waals surface area (Å²) in [6.45, 7) is 0. The van der Waals surface area contributed by atoms with E-state index >= 15 is 0 Å². The van der Waals surface area contributed by atoms with Crippen molar-refractivity contribution in [2.45, 2.75) is 0 Å². The number of anilines is 3. The van der Waals surface area contributed by atoms with Crippen LogP contribution in [0.3, 0.4) is 0 Å². The lowest BCUT2D eigenvalue weighted by atomic mass is 9.91. The second kappa shape index (κ2) is 16.0. The molecule has 64 heavy (non-hydrogen) atoms. The molecule has 0 fully saturated rings. The Kier molecular flexibility index (Phi) is 9.43. The molecule has 0 aliphatic rings. The van der Waals surface area contributed by atoms with Crippen LogP contribution in [0.15, 0.2) is 249 Å². The van der Waals surface area contributed by atoms with E-state index in [1.807, 2.05) is 11.3 Å². The molecule has 0 saturated heterocycles. The molecule has 11 aromatic carbocycles. The van der Waals surface area contributed by atoms with Gasteiger partial charge in [-0.2, -0.15) is 0 Å². The Morgan fingerprint density at radius 3 is 1.45 bits per heavy atom. The molecule has 0 aliphatic heterocycles. The quantitative estimate of drug-likeness (QED) is 0.147. The molecule has 0 N–H and O–H groups in total. The molecule has 0 atom stereocenters. The predicted octanol–water partition coefficient (Wildman–Crippen LogP) is 18.2. The predicted molar refractivity (Wildman–Crippen MR) is 276 cm³/mol. The van der Waals surface area contributed by atoms with Gasteiger partial charge in [0.25, 0.3) is 0 Å². The highest BCUT2D eigenvalue weighted by Crippen LogP contribution is 2.44. The summed E-state index contributed by atoms with van der Waals surface area (Å²) in [6, 6.07) is 90.8. The van der Waals surface area contributed by atoms with E-state index in [2.05, 4.69) is 254 Å². The summed E-state index contributed by atoms with van der Waals surface area (Å²) < 4.78 is 2.61. The normalized spacial score (nSPS) is 11.4. The molecule has 0 saturated carbocycles. The Hall–Kier alpha value is -8.04. The minimum atomic E-state index is 1.10. The number of thiophene rings is 1. The maximum atomic E-state index is 2.40. The van der Waals surface area contributed by atoms with Crippen molar-refractivity contribution < 1.29 is 0 Å². The molecule has 300 valence electrons.